The van der Waals surface area contributed by atoms with E-state index in [1.165, 1.54) is 0 Å². The third-order valence-electron chi connectivity index (χ3n) is 7.24. The highest BCUT2D eigenvalue weighted by molar-refractivity contribution is 5.91. The molecule has 5 rings (SSSR count). The second-order valence-electron chi connectivity index (χ2n) is 9.58. The molecule has 3 aliphatic heterocycles. The van der Waals surface area contributed by atoms with E-state index in [9.17, 15) is 19.8 Å². The van der Waals surface area contributed by atoms with Crippen molar-refractivity contribution < 1.29 is 38.7 Å². The lowest BCUT2D eigenvalue weighted by Crippen LogP contribution is -2.50. The summed E-state index contributed by atoms with van der Waals surface area (Å²) in [6.45, 7) is 9.43. The fourth-order valence-corrected chi connectivity index (χ4v) is 6.12. The van der Waals surface area contributed by atoms with Crippen LogP contribution in [-0.2, 0) is 28.5 Å². The van der Waals surface area contributed by atoms with E-state index in [-0.39, 0.29) is 30.9 Å². The molecule has 2 aliphatic carbocycles. The molecule has 5 aliphatic rings. The molecule has 5 fully saturated rings. The summed E-state index contributed by atoms with van der Waals surface area (Å²) in [5, 5.41) is 22.6. The van der Waals surface area contributed by atoms with Crippen molar-refractivity contribution in [2.45, 2.75) is 68.9 Å². The predicted molar refractivity (Wildman–Crippen MR) is 92.6 cm³/mol. The summed E-state index contributed by atoms with van der Waals surface area (Å²) in [4.78, 5) is 24.8. The zero-order chi connectivity index (χ0) is 20.2. The van der Waals surface area contributed by atoms with E-state index in [1.807, 2.05) is 20.8 Å². The molecule has 0 aromatic carbocycles. The van der Waals surface area contributed by atoms with Crippen LogP contribution in [0.4, 0.5) is 0 Å². The monoisotopic (exact) mass is 394 g/mol. The zero-order valence-electron chi connectivity index (χ0n) is 16.2. The van der Waals surface area contributed by atoms with Gasteiger partial charge in [0.15, 0.2) is 0 Å². The minimum absolute atomic E-state index is 0.0416. The normalized spacial score (nSPS) is 53.4. The van der Waals surface area contributed by atoms with E-state index < -0.39 is 65.0 Å². The van der Waals surface area contributed by atoms with Gasteiger partial charge < -0.3 is 29.2 Å². The molecule has 3 heterocycles. The molecule has 8 nitrogen and oxygen atoms in total. The van der Waals surface area contributed by atoms with Gasteiger partial charge in [-0.2, -0.15) is 0 Å². The van der Waals surface area contributed by atoms with Crippen LogP contribution >= 0.6 is 0 Å². The molecule has 28 heavy (non-hydrogen) atoms. The number of hydrogen-bond donors (Lipinski definition) is 2. The second-order valence-corrected chi connectivity index (χ2v) is 9.58. The highest BCUT2D eigenvalue weighted by Gasteiger charge is 2.87. The number of hydrogen-bond acceptors (Lipinski definition) is 8. The first-order valence-electron chi connectivity index (χ1n) is 9.87. The molecule has 3 saturated heterocycles. The fourth-order valence-electron chi connectivity index (χ4n) is 6.12. The Hall–Kier alpha value is -1.48. The molecule has 0 spiro atoms. The Morgan fingerprint density at radius 2 is 2.11 bits per heavy atom. The summed E-state index contributed by atoms with van der Waals surface area (Å²) in [5.74, 6) is -4.26. The Morgan fingerprint density at radius 1 is 1.39 bits per heavy atom. The van der Waals surface area contributed by atoms with Crippen LogP contribution in [0.5, 0.6) is 0 Å². The summed E-state index contributed by atoms with van der Waals surface area (Å²) >= 11 is 0. The van der Waals surface area contributed by atoms with E-state index in [0.717, 1.165) is 0 Å². The van der Waals surface area contributed by atoms with Gasteiger partial charge in [-0.3, -0.25) is 4.79 Å². The summed E-state index contributed by atoms with van der Waals surface area (Å²) in [6.07, 6.45) is -1.82. The van der Waals surface area contributed by atoms with Gasteiger partial charge in [-0.1, -0.05) is 20.4 Å². The van der Waals surface area contributed by atoms with Gasteiger partial charge in [0.2, 0.25) is 5.79 Å². The van der Waals surface area contributed by atoms with Crippen molar-refractivity contribution in [3.63, 3.8) is 0 Å². The number of ether oxygens (including phenoxy) is 4. The SMILES string of the molecule is C=C1C(=O)O[C@H]2[C@H]1[C@H](OC(=O)CC(C)C)C[C@]1(O)CO[C@@]3(O)[C@@H]1[C@@H]2[C@]1(C)O[C@@H]13. The van der Waals surface area contributed by atoms with Gasteiger partial charge in [0, 0.05) is 24.3 Å². The van der Waals surface area contributed by atoms with Crippen LogP contribution in [0.25, 0.3) is 0 Å². The zero-order valence-corrected chi connectivity index (χ0v) is 16.2. The van der Waals surface area contributed by atoms with Crippen molar-refractivity contribution in [3.05, 3.63) is 12.2 Å². The van der Waals surface area contributed by atoms with Gasteiger partial charge in [0.05, 0.1) is 18.4 Å². The van der Waals surface area contributed by atoms with E-state index in [4.69, 9.17) is 18.9 Å². The van der Waals surface area contributed by atoms with Crippen molar-refractivity contribution in [3.8, 4) is 0 Å². The first-order chi connectivity index (χ1) is 13.0. The quantitative estimate of drug-likeness (QED) is 0.399. The first kappa shape index (κ1) is 18.5. The van der Waals surface area contributed by atoms with E-state index in [2.05, 4.69) is 6.58 Å². The number of fused-ring (bicyclic) bond motifs is 5. The number of carbonyl (C=O) groups is 2. The molecule has 0 aromatic heterocycles. The van der Waals surface area contributed by atoms with Crippen molar-refractivity contribution in [2.75, 3.05) is 6.61 Å². The average molecular weight is 394 g/mol. The van der Waals surface area contributed by atoms with Gasteiger partial charge in [-0.25, -0.2) is 4.79 Å². The molecule has 2 N–H and O–H groups in total. The maximum atomic E-state index is 12.4. The van der Waals surface area contributed by atoms with Crippen LogP contribution in [0.15, 0.2) is 12.2 Å². The third kappa shape index (κ3) is 2.15. The fraction of sp³-hybridized carbons (Fsp3) is 0.800. The number of rotatable bonds is 3. The largest absolute Gasteiger partial charge is 0.461 e. The van der Waals surface area contributed by atoms with Crippen molar-refractivity contribution >= 4 is 11.9 Å². The molecule has 8 heteroatoms. The number of epoxide rings is 1. The predicted octanol–water partition coefficient (Wildman–Crippen LogP) is 0.299. The van der Waals surface area contributed by atoms with Crippen LogP contribution in [0, 0.1) is 23.7 Å². The summed E-state index contributed by atoms with van der Waals surface area (Å²) in [7, 11) is 0. The second kappa shape index (κ2) is 5.36. The molecule has 0 unspecified atom stereocenters. The topological polar surface area (TPSA) is 115 Å². The average Bonchev–Trinajstić information content (AvgIpc) is 3.06. The van der Waals surface area contributed by atoms with Crippen LogP contribution in [0.1, 0.15) is 33.6 Å². The minimum Gasteiger partial charge on any atom is -0.461 e. The minimum atomic E-state index is -1.65. The summed E-state index contributed by atoms with van der Waals surface area (Å²) in [6, 6.07) is 0. The third-order valence-corrected chi connectivity index (χ3v) is 7.24. The van der Waals surface area contributed by atoms with E-state index >= 15 is 0 Å². The molecule has 0 radical (unpaired) electrons. The molecule has 9 atom stereocenters. The molecule has 154 valence electrons. The van der Waals surface area contributed by atoms with Gasteiger partial charge in [-0.05, 0) is 12.8 Å². The van der Waals surface area contributed by atoms with Crippen molar-refractivity contribution in [1.29, 1.82) is 0 Å². The van der Waals surface area contributed by atoms with Gasteiger partial charge in [0.25, 0.3) is 0 Å². The summed E-state index contributed by atoms with van der Waals surface area (Å²) < 4.78 is 22.8. The van der Waals surface area contributed by atoms with Gasteiger partial charge in [0.1, 0.15) is 29.5 Å². The molecule has 2 saturated carbocycles. The van der Waals surface area contributed by atoms with Gasteiger partial charge >= 0.3 is 11.9 Å². The Bertz CT molecular complexity index is 778. The molecule has 0 aromatic rings. The van der Waals surface area contributed by atoms with E-state index in [0.29, 0.717) is 0 Å². The molecular formula is C20H26O8. The van der Waals surface area contributed by atoms with Crippen LogP contribution in [-0.4, -0.2) is 64.1 Å². The molecule has 0 bridgehead atoms. The number of aliphatic hydroxyl groups is 2. The molecular weight excluding hydrogens is 368 g/mol. The lowest BCUT2D eigenvalue weighted by atomic mass is 9.74. The van der Waals surface area contributed by atoms with Crippen LogP contribution < -0.4 is 0 Å². The lowest BCUT2D eigenvalue weighted by Gasteiger charge is -2.36. The summed E-state index contributed by atoms with van der Waals surface area (Å²) in [5.41, 5.74) is -1.97. The maximum Gasteiger partial charge on any atom is 0.334 e. The van der Waals surface area contributed by atoms with Crippen molar-refractivity contribution in [1.82, 2.24) is 0 Å². The Morgan fingerprint density at radius 3 is 2.79 bits per heavy atom. The number of esters is 2. The highest BCUT2D eigenvalue weighted by Crippen LogP contribution is 2.70. The highest BCUT2D eigenvalue weighted by atomic mass is 16.7. The van der Waals surface area contributed by atoms with Crippen LogP contribution in [0.3, 0.4) is 0 Å². The standard InChI is InChI=1S/C20H26O8/c1-8(2)5-11(21)26-10-6-19(23)7-25-20(24)15(19)13(18(4)17(20)28-18)14-12(10)9(3)16(22)27-14/h8,10,12-15,17,23-24H,3,5-7H2,1-2,4H3/t10-,12-,13-,14+,15-,17+,18+,19+,20+/m1/s1. The Kier molecular flexibility index (Phi) is 3.55. The van der Waals surface area contributed by atoms with E-state index in [1.54, 1.807) is 0 Å². The Balaban J connectivity index is 1.56. The Labute approximate surface area is 162 Å². The smallest absolute Gasteiger partial charge is 0.334 e. The lowest BCUT2D eigenvalue weighted by molar-refractivity contribution is -0.220. The molecule has 0 amide bonds. The van der Waals surface area contributed by atoms with Gasteiger partial charge in [-0.15, -0.1) is 0 Å². The maximum absolute atomic E-state index is 12.4. The first-order valence-corrected chi connectivity index (χ1v) is 9.87. The number of carbonyl (C=O) groups excluding carboxylic acids is 2. The van der Waals surface area contributed by atoms with Crippen molar-refractivity contribution in [2.24, 2.45) is 23.7 Å². The van der Waals surface area contributed by atoms with Crippen LogP contribution in [0.2, 0.25) is 0 Å².